The van der Waals surface area contributed by atoms with Crippen molar-refractivity contribution in [1.29, 1.82) is 0 Å². The maximum Gasteiger partial charge on any atom is 0.0967 e. The first-order valence-electron chi connectivity index (χ1n) is 4.73. The molecule has 1 aliphatic rings. The van der Waals surface area contributed by atoms with Gasteiger partial charge in [0.15, 0.2) is 0 Å². The predicted octanol–water partition coefficient (Wildman–Crippen LogP) is 4.22. The highest BCUT2D eigenvalue weighted by Gasteiger charge is 2.28. The van der Waals surface area contributed by atoms with Gasteiger partial charge in [0, 0.05) is 27.8 Å². The van der Waals surface area contributed by atoms with Crippen molar-refractivity contribution in [1.82, 2.24) is 0 Å². The topological polar surface area (TPSA) is 9.23 Å². The van der Waals surface area contributed by atoms with Crippen molar-refractivity contribution in [2.24, 2.45) is 5.92 Å². The standard InChI is InChI=1S/C10H12BrClOS/c11-8-3-5-14-10(8)9-7(6-12)2-1-4-13-9/h3,5,7,9H,1-2,4,6H2. The van der Waals surface area contributed by atoms with Crippen molar-refractivity contribution >= 4 is 38.9 Å². The summed E-state index contributed by atoms with van der Waals surface area (Å²) in [4.78, 5) is 1.29. The largest absolute Gasteiger partial charge is 0.372 e. The number of halogens is 2. The summed E-state index contributed by atoms with van der Waals surface area (Å²) in [6.45, 7) is 0.863. The zero-order chi connectivity index (χ0) is 9.97. The molecule has 1 aromatic heterocycles. The fraction of sp³-hybridized carbons (Fsp3) is 0.600. The average molecular weight is 296 g/mol. The van der Waals surface area contributed by atoms with E-state index in [1.54, 1.807) is 11.3 Å². The van der Waals surface area contributed by atoms with E-state index in [2.05, 4.69) is 27.4 Å². The third-order valence-electron chi connectivity index (χ3n) is 2.55. The molecule has 2 unspecified atom stereocenters. The third-order valence-corrected chi connectivity index (χ3v) is 4.87. The minimum absolute atomic E-state index is 0.204. The summed E-state index contributed by atoms with van der Waals surface area (Å²) >= 11 is 11.2. The molecule has 0 bridgehead atoms. The van der Waals surface area contributed by atoms with E-state index >= 15 is 0 Å². The number of thiophene rings is 1. The van der Waals surface area contributed by atoms with Crippen LogP contribution in [0, 0.1) is 5.92 Å². The average Bonchev–Trinajstić information content (AvgIpc) is 2.64. The molecule has 0 amide bonds. The molecule has 78 valence electrons. The summed E-state index contributed by atoms with van der Waals surface area (Å²) < 4.78 is 6.96. The molecule has 4 heteroatoms. The monoisotopic (exact) mass is 294 g/mol. The summed E-state index contributed by atoms with van der Waals surface area (Å²) in [6, 6.07) is 2.07. The number of ether oxygens (including phenoxy) is 1. The van der Waals surface area contributed by atoms with E-state index < -0.39 is 0 Å². The number of hydrogen-bond acceptors (Lipinski definition) is 2. The molecule has 0 aliphatic carbocycles. The Morgan fingerprint density at radius 1 is 1.64 bits per heavy atom. The summed E-state index contributed by atoms with van der Waals surface area (Å²) in [5.74, 6) is 1.16. The molecule has 0 radical (unpaired) electrons. The van der Waals surface area contributed by atoms with Gasteiger partial charge in [-0.3, -0.25) is 0 Å². The van der Waals surface area contributed by atoms with Crippen molar-refractivity contribution in [3.63, 3.8) is 0 Å². The molecular formula is C10H12BrClOS. The first-order chi connectivity index (χ1) is 6.83. The number of rotatable bonds is 2. The first kappa shape index (κ1) is 10.9. The van der Waals surface area contributed by atoms with Gasteiger partial charge in [-0.25, -0.2) is 0 Å². The lowest BCUT2D eigenvalue weighted by molar-refractivity contribution is -0.0190. The van der Waals surface area contributed by atoms with Crippen LogP contribution in [-0.4, -0.2) is 12.5 Å². The number of hydrogen-bond donors (Lipinski definition) is 0. The summed E-state index contributed by atoms with van der Waals surface area (Å²) in [7, 11) is 0. The second kappa shape index (κ2) is 4.97. The van der Waals surface area contributed by atoms with Crippen molar-refractivity contribution in [3.05, 3.63) is 20.8 Å². The minimum atomic E-state index is 0.204. The molecular weight excluding hydrogens is 284 g/mol. The van der Waals surface area contributed by atoms with Crippen molar-refractivity contribution < 1.29 is 4.74 Å². The van der Waals surface area contributed by atoms with E-state index in [0.29, 0.717) is 11.8 Å². The van der Waals surface area contributed by atoms with Crippen molar-refractivity contribution in [2.75, 3.05) is 12.5 Å². The Balaban J connectivity index is 2.19. The predicted molar refractivity (Wildman–Crippen MR) is 64.2 cm³/mol. The van der Waals surface area contributed by atoms with Crippen molar-refractivity contribution in [2.45, 2.75) is 18.9 Å². The highest BCUT2D eigenvalue weighted by molar-refractivity contribution is 9.10. The molecule has 0 N–H and O–H groups in total. The Bertz CT molecular complexity index is 302. The van der Waals surface area contributed by atoms with Gasteiger partial charge in [-0.1, -0.05) is 0 Å². The van der Waals surface area contributed by atoms with E-state index in [9.17, 15) is 0 Å². The van der Waals surface area contributed by atoms with Gasteiger partial charge >= 0.3 is 0 Å². The quantitative estimate of drug-likeness (QED) is 0.742. The van der Waals surface area contributed by atoms with Crippen LogP contribution in [0.25, 0.3) is 0 Å². The lowest BCUT2D eigenvalue weighted by Crippen LogP contribution is -2.23. The molecule has 0 aromatic carbocycles. The van der Waals surface area contributed by atoms with Crippen LogP contribution >= 0.6 is 38.9 Å². The SMILES string of the molecule is ClCC1CCCOC1c1sccc1Br. The molecule has 2 atom stereocenters. The fourth-order valence-electron chi connectivity index (χ4n) is 1.80. The van der Waals surface area contributed by atoms with Crippen LogP contribution in [0.1, 0.15) is 23.8 Å². The fourth-order valence-corrected chi connectivity index (χ4v) is 3.85. The van der Waals surface area contributed by atoms with Gasteiger partial charge in [-0.15, -0.1) is 22.9 Å². The maximum absolute atomic E-state index is 5.95. The molecule has 1 fully saturated rings. The molecule has 1 aromatic rings. The molecule has 1 aliphatic heterocycles. The van der Waals surface area contributed by atoms with Gasteiger partial charge in [-0.2, -0.15) is 0 Å². The van der Waals surface area contributed by atoms with Crippen LogP contribution in [0.2, 0.25) is 0 Å². The second-order valence-corrected chi connectivity index (χ2v) is 5.59. The van der Waals surface area contributed by atoms with E-state index in [-0.39, 0.29) is 6.10 Å². The number of alkyl halides is 1. The highest BCUT2D eigenvalue weighted by Crippen LogP contribution is 2.40. The van der Waals surface area contributed by atoms with Gasteiger partial charge in [0.25, 0.3) is 0 Å². The zero-order valence-electron chi connectivity index (χ0n) is 7.71. The Hall–Kier alpha value is 0.430. The lowest BCUT2D eigenvalue weighted by Gasteiger charge is -2.30. The summed E-state index contributed by atoms with van der Waals surface area (Å²) in [5.41, 5.74) is 0. The van der Waals surface area contributed by atoms with Gasteiger partial charge < -0.3 is 4.74 Å². The van der Waals surface area contributed by atoms with Crippen LogP contribution in [0.3, 0.4) is 0 Å². The van der Waals surface area contributed by atoms with Crippen molar-refractivity contribution in [3.8, 4) is 0 Å². The van der Waals surface area contributed by atoms with Gasteiger partial charge in [0.2, 0.25) is 0 Å². The van der Waals surface area contributed by atoms with Crippen LogP contribution in [0.4, 0.5) is 0 Å². The molecule has 2 rings (SSSR count). The van der Waals surface area contributed by atoms with Crippen LogP contribution in [0.15, 0.2) is 15.9 Å². The van der Waals surface area contributed by atoms with Crippen LogP contribution in [0.5, 0.6) is 0 Å². The van der Waals surface area contributed by atoms with E-state index in [4.69, 9.17) is 16.3 Å². The van der Waals surface area contributed by atoms with Gasteiger partial charge in [0.1, 0.15) is 0 Å². The first-order valence-corrected chi connectivity index (χ1v) is 6.94. The van der Waals surface area contributed by atoms with Gasteiger partial charge in [0.05, 0.1) is 6.10 Å². The van der Waals surface area contributed by atoms with E-state index in [1.807, 2.05) is 0 Å². The Labute approximate surface area is 102 Å². The van der Waals surface area contributed by atoms with E-state index in [1.165, 1.54) is 11.3 Å². The maximum atomic E-state index is 5.95. The smallest absolute Gasteiger partial charge is 0.0967 e. The van der Waals surface area contributed by atoms with Crippen LogP contribution < -0.4 is 0 Å². The highest BCUT2D eigenvalue weighted by atomic mass is 79.9. The van der Waals surface area contributed by atoms with E-state index in [0.717, 1.165) is 17.5 Å². The zero-order valence-corrected chi connectivity index (χ0v) is 10.9. The molecule has 2 heterocycles. The molecule has 14 heavy (non-hydrogen) atoms. The minimum Gasteiger partial charge on any atom is -0.372 e. The van der Waals surface area contributed by atoms with Crippen LogP contribution in [-0.2, 0) is 4.74 Å². The Morgan fingerprint density at radius 2 is 2.50 bits per heavy atom. The second-order valence-electron chi connectivity index (χ2n) is 3.48. The Kier molecular flexibility index (Phi) is 3.88. The summed E-state index contributed by atoms with van der Waals surface area (Å²) in [6.07, 6.45) is 2.52. The molecule has 1 saturated heterocycles. The molecule has 0 spiro atoms. The summed E-state index contributed by atoms with van der Waals surface area (Å²) in [5, 5.41) is 2.09. The van der Waals surface area contributed by atoms with Gasteiger partial charge in [-0.05, 0) is 40.2 Å². The Morgan fingerprint density at radius 3 is 3.14 bits per heavy atom. The molecule has 0 saturated carbocycles. The normalized spacial score (nSPS) is 27.9. The lowest BCUT2D eigenvalue weighted by atomic mass is 9.95. The third kappa shape index (κ3) is 2.16. The molecule has 1 nitrogen and oxygen atoms in total.